The maximum absolute atomic E-state index is 10.8. The Balaban J connectivity index is 3.63. The molecule has 0 aliphatic rings. The number of ketones is 1. The molecule has 0 radical (unpaired) electrons. The van der Waals surface area contributed by atoms with Gasteiger partial charge in [-0.1, -0.05) is 0 Å². The standard InChI is InChI=1S/C5H10INO3S/c1-5(8)3-2-4-11(9,10)7-6/h7H,2-4H2,1H3. The molecule has 0 spiro atoms. The highest BCUT2D eigenvalue weighted by atomic mass is 127. The van der Waals surface area contributed by atoms with Crippen molar-refractivity contribution in [2.24, 2.45) is 0 Å². The van der Waals surface area contributed by atoms with E-state index < -0.39 is 10.0 Å². The zero-order valence-corrected chi connectivity index (χ0v) is 9.11. The average molecular weight is 291 g/mol. The van der Waals surface area contributed by atoms with E-state index in [9.17, 15) is 13.2 Å². The predicted octanol–water partition coefficient (Wildman–Crippen LogP) is 0.625. The zero-order chi connectivity index (χ0) is 8.91. The number of nitrogens with one attached hydrogen (secondary N) is 1. The Morgan fingerprint density at radius 3 is 2.45 bits per heavy atom. The highest BCUT2D eigenvalue weighted by Gasteiger charge is 2.07. The molecule has 0 aromatic carbocycles. The number of carbonyl (C=O) groups excluding carboxylic acids is 1. The van der Waals surface area contributed by atoms with E-state index in [1.54, 1.807) is 22.9 Å². The van der Waals surface area contributed by atoms with Crippen molar-refractivity contribution in [2.45, 2.75) is 19.8 Å². The second-order valence-corrected chi connectivity index (χ2v) is 5.31. The van der Waals surface area contributed by atoms with Crippen molar-refractivity contribution in [2.75, 3.05) is 5.75 Å². The van der Waals surface area contributed by atoms with Gasteiger partial charge in [-0.25, -0.2) is 8.42 Å². The third kappa shape index (κ3) is 6.70. The predicted molar refractivity (Wildman–Crippen MR) is 50.9 cm³/mol. The highest BCUT2D eigenvalue weighted by molar-refractivity contribution is 14.1. The third-order valence-electron chi connectivity index (χ3n) is 1.06. The zero-order valence-electron chi connectivity index (χ0n) is 6.13. The Hall–Kier alpha value is 0.310. The summed E-state index contributed by atoms with van der Waals surface area (Å²) in [6, 6.07) is 0. The molecule has 0 atom stereocenters. The van der Waals surface area contributed by atoms with Crippen molar-refractivity contribution in [1.29, 1.82) is 0 Å². The minimum Gasteiger partial charge on any atom is -0.300 e. The number of hydrogen-bond acceptors (Lipinski definition) is 3. The molecule has 0 aliphatic heterocycles. The van der Waals surface area contributed by atoms with Gasteiger partial charge in [-0.3, -0.25) is 0 Å². The molecule has 0 aromatic rings. The average Bonchev–Trinajstić information content (AvgIpc) is 1.87. The first-order valence-electron chi connectivity index (χ1n) is 3.07. The first-order valence-corrected chi connectivity index (χ1v) is 5.80. The van der Waals surface area contributed by atoms with Gasteiger partial charge < -0.3 is 4.79 Å². The second-order valence-electron chi connectivity index (χ2n) is 2.20. The van der Waals surface area contributed by atoms with Gasteiger partial charge in [0.2, 0.25) is 10.0 Å². The number of hydrogen-bond donors (Lipinski definition) is 1. The number of carbonyl (C=O) groups is 1. The van der Waals surface area contributed by atoms with Crippen LogP contribution in [0.1, 0.15) is 19.8 Å². The molecular weight excluding hydrogens is 281 g/mol. The van der Waals surface area contributed by atoms with Gasteiger partial charge in [-0.15, -0.1) is 0 Å². The van der Waals surface area contributed by atoms with Crippen LogP contribution in [0.15, 0.2) is 0 Å². The molecule has 0 aromatic heterocycles. The van der Waals surface area contributed by atoms with Gasteiger partial charge in [0.1, 0.15) is 5.78 Å². The van der Waals surface area contributed by atoms with E-state index in [4.69, 9.17) is 0 Å². The molecule has 11 heavy (non-hydrogen) atoms. The summed E-state index contributed by atoms with van der Waals surface area (Å²) in [7, 11) is -3.13. The van der Waals surface area contributed by atoms with Crippen LogP contribution in [0.5, 0.6) is 0 Å². The summed E-state index contributed by atoms with van der Waals surface area (Å²) in [5, 5.41) is 0. The lowest BCUT2D eigenvalue weighted by molar-refractivity contribution is -0.117. The number of Topliss-reactive ketones (excluding diaryl/α,β-unsaturated/α-hetero) is 1. The number of rotatable bonds is 5. The molecule has 0 fully saturated rings. The third-order valence-corrected chi connectivity index (χ3v) is 4.13. The van der Waals surface area contributed by atoms with Crippen molar-refractivity contribution >= 4 is 38.7 Å². The molecule has 1 N–H and O–H groups in total. The topological polar surface area (TPSA) is 63.2 Å². The van der Waals surface area contributed by atoms with Gasteiger partial charge in [0.15, 0.2) is 0 Å². The van der Waals surface area contributed by atoms with Crippen LogP contribution in [0, 0.1) is 0 Å². The fraction of sp³-hybridized carbons (Fsp3) is 0.800. The van der Waals surface area contributed by atoms with Crippen molar-refractivity contribution in [3.8, 4) is 0 Å². The Labute approximate surface area is 80.3 Å². The first-order chi connectivity index (χ1) is 4.98. The Morgan fingerprint density at radius 2 is 2.09 bits per heavy atom. The van der Waals surface area contributed by atoms with Crippen LogP contribution in [-0.4, -0.2) is 20.0 Å². The molecule has 0 saturated heterocycles. The quantitative estimate of drug-likeness (QED) is 0.597. The molecule has 4 nitrogen and oxygen atoms in total. The van der Waals surface area contributed by atoms with Crippen LogP contribution in [0.25, 0.3) is 0 Å². The first kappa shape index (κ1) is 11.3. The lowest BCUT2D eigenvalue weighted by atomic mass is 10.3. The normalized spacial score (nSPS) is 11.5. The molecule has 6 heteroatoms. The van der Waals surface area contributed by atoms with Gasteiger partial charge in [-0.05, 0) is 13.3 Å². The molecule has 66 valence electrons. The second kappa shape index (κ2) is 5.04. The minimum absolute atomic E-state index is 0.0219. The van der Waals surface area contributed by atoms with Crippen molar-refractivity contribution < 1.29 is 13.2 Å². The summed E-state index contributed by atoms with van der Waals surface area (Å²) in [6.07, 6.45) is 0.727. The van der Waals surface area contributed by atoms with Crippen LogP contribution in [0.4, 0.5) is 0 Å². The van der Waals surface area contributed by atoms with Crippen LogP contribution in [0.2, 0.25) is 0 Å². The molecule has 0 unspecified atom stereocenters. The molecule has 0 amide bonds. The van der Waals surface area contributed by atoms with E-state index in [0.717, 1.165) is 0 Å². The lowest BCUT2D eigenvalue weighted by Gasteiger charge is -1.97. The Kier molecular flexibility index (Phi) is 5.19. The van der Waals surface area contributed by atoms with Crippen LogP contribution >= 0.6 is 22.9 Å². The summed E-state index contributed by atoms with van der Waals surface area (Å²) < 4.78 is 23.6. The summed E-state index contributed by atoms with van der Waals surface area (Å²) in [4.78, 5) is 10.4. The van der Waals surface area contributed by atoms with Gasteiger partial charge in [0.05, 0.1) is 5.75 Å². The van der Waals surface area contributed by atoms with Gasteiger partial charge in [-0.2, -0.15) is 2.94 Å². The van der Waals surface area contributed by atoms with Crippen molar-refractivity contribution in [1.82, 2.24) is 2.94 Å². The van der Waals surface area contributed by atoms with Crippen molar-refractivity contribution in [3.63, 3.8) is 0 Å². The smallest absolute Gasteiger partial charge is 0.220 e. The van der Waals surface area contributed by atoms with Crippen molar-refractivity contribution in [3.05, 3.63) is 0 Å². The van der Waals surface area contributed by atoms with E-state index in [1.165, 1.54) is 6.92 Å². The number of sulfonamides is 1. The molecule has 0 aliphatic carbocycles. The monoisotopic (exact) mass is 291 g/mol. The molecule has 0 saturated carbocycles. The largest absolute Gasteiger partial charge is 0.300 e. The van der Waals surface area contributed by atoms with E-state index in [0.29, 0.717) is 12.8 Å². The maximum atomic E-state index is 10.8. The summed E-state index contributed by atoms with van der Waals surface area (Å²) in [6.45, 7) is 1.45. The van der Waals surface area contributed by atoms with E-state index in [2.05, 4.69) is 2.94 Å². The Morgan fingerprint density at radius 1 is 1.55 bits per heavy atom. The summed E-state index contributed by atoms with van der Waals surface area (Å²) >= 11 is 1.56. The van der Waals surface area contributed by atoms with E-state index in [1.807, 2.05) is 0 Å². The summed E-state index contributed by atoms with van der Waals surface area (Å²) in [5.41, 5.74) is 0. The summed E-state index contributed by atoms with van der Waals surface area (Å²) in [5.74, 6) is 0.0452. The van der Waals surface area contributed by atoms with E-state index >= 15 is 0 Å². The van der Waals surface area contributed by atoms with Gasteiger partial charge in [0, 0.05) is 29.3 Å². The fourth-order valence-corrected chi connectivity index (χ4v) is 1.81. The maximum Gasteiger partial charge on any atom is 0.220 e. The number of halogens is 1. The van der Waals surface area contributed by atoms with Crippen LogP contribution in [0.3, 0.4) is 0 Å². The highest BCUT2D eigenvalue weighted by Crippen LogP contribution is 1.96. The fourth-order valence-electron chi connectivity index (χ4n) is 0.550. The lowest BCUT2D eigenvalue weighted by Crippen LogP contribution is -2.17. The van der Waals surface area contributed by atoms with Crippen LogP contribution in [-0.2, 0) is 14.8 Å². The van der Waals surface area contributed by atoms with Crippen LogP contribution < -0.4 is 2.94 Å². The minimum atomic E-state index is -3.13. The molecule has 0 rings (SSSR count). The Bertz CT molecular complexity index is 224. The molecular formula is C5H10INO3S. The molecule has 0 bridgehead atoms. The van der Waals surface area contributed by atoms with Gasteiger partial charge >= 0.3 is 0 Å². The van der Waals surface area contributed by atoms with E-state index in [-0.39, 0.29) is 11.5 Å². The molecule has 0 heterocycles. The van der Waals surface area contributed by atoms with Gasteiger partial charge in [0.25, 0.3) is 0 Å². The SMILES string of the molecule is CC(=O)CCCS(=O)(=O)NI.